The summed E-state index contributed by atoms with van der Waals surface area (Å²) >= 11 is 3.07. The Hall–Kier alpha value is -0.620. The van der Waals surface area contributed by atoms with E-state index >= 15 is 0 Å². The van der Waals surface area contributed by atoms with Gasteiger partial charge in [-0.1, -0.05) is 28.9 Å². The first kappa shape index (κ1) is 15.4. The molecule has 0 aliphatic carbocycles. The van der Waals surface area contributed by atoms with Crippen LogP contribution in [-0.2, 0) is 6.42 Å². The zero-order valence-corrected chi connectivity index (χ0v) is 11.4. The highest BCUT2D eigenvalue weighted by atomic mass is 79.9. The highest BCUT2D eigenvalue weighted by molar-refractivity contribution is 9.10. The molecule has 1 atom stereocenters. The zero-order chi connectivity index (χ0) is 13.8. The van der Waals surface area contributed by atoms with Gasteiger partial charge in [0.25, 0.3) is 0 Å². The van der Waals surface area contributed by atoms with Crippen LogP contribution in [0, 0.1) is 5.82 Å². The van der Waals surface area contributed by atoms with E-state index in [0.29, 0.717) is 10.9 Å². The second kappa shape index (κ2) is 6.52. The number of halogens is 5. The molecule has 0 fully saturated rings. The van der Waals surface area contributed by atoms with Gasteiger partial charge in [-0.15, -0.1) is 0 Å². The summed E-state index contributed by atoms with van der Waals surface area (Å²) in [6, 6.07) is 2.35. The van der Waals surface area contributed by atoms with E-state index in [0.717, 1.165) is 0 Å². The lowest BCUT2D eigenvalue weighted by Crippen LogP contribution is -2.44. The third-order valence-electron chi connectivity index (χ3n) is 2.48. The molecule has 0 aliphatic rings. The van der Waals surface area contributed by atoms with Crippen molar-refractivity contribution in [3.05, 3.63) is 34.1 Å². The first-order valence-corrected chi connectivity index (χ1v) is 6.38. The molecule has 0 amide bonds. The van der Waals surface area contributed by atoms with E-state index in [1.165, 1.54) is 18.2 Å². The van der Waals surface area contributed by atoms with Crippen molar-refractivity contribution >= 4 is 15.9 Å². The van der Waals surface area contributed by atoms with E-state index in [1.54, 1.807) is 6.92 Å². The van der Waals surface area contributed by atoms with Crippen molar-refractivity contribution in [2.75, 3.05) is 6.54 Å². The Morgan fingerprint density at radius 1 is 1.33 bits per heavy atom. The molecular formula is C12H14BrF4N. The summed E-state index contributed by atoms with van der Waals surface area (Å²) in [7, 11) is 0. The van der Waals surface area contributed by atoms with E-state index in [1.807, 2.05) is 0 Å². The highest BCUT2D eigenvalue weighted by Gasteiger charge is 2.39. The number of hydrogen-bond acceptors (Lipinski definition) is 1. The number of rotatable bonds is 5. The van der Waals surface area contributed by atoms with Gasteiger partial charge in [0.1, 0.15) is 11.9 Å². The van der Waals surface area contributed by atoms with E-state index < -0.39 is 24.5 Å². The lowest BCUT2D eigenvalue weighted by Gasteiger charge is -2.21. The normalized spacial score (nSPS) is 13.7. The fourth-order valence-corrected chi connectivity index (χ4v) is 1.86. The van der Waals surface area contributed by atoms with Crippen molar-refractivity contribution in [1.82, 2.24) is 5.32 Å². The van der Waals surface area contributed by atoms with Crippen LogP contribution in [0.5, 0.6) is 0 Å². The van der Waals surface area contributed by atoms with Crippen molar-refractivity contribution in [3.8, 4) is 0 Å². The maximum absolute atomic E-state index is 13.5. The fourth-order valence-electron chi connectivity index (χ4n) is 1.53. The Bertz CT molecular complexity index is 392. The molecule has 1 rings (SSSR count). The monoisotopic (exact) mass is 327 g/mol. The Morgan fingerprint density at radius 3 is 2.50 bits per heavy atom. The van der Waals surface area contributed by atoms with Gasteiger partial charge in [-0.05, 0) is 37.1 Å². The van der Waals surface area contributed by atoms with E-state index in [9.17, 15) is 17.6 Å². The summed E-state index contributed by atoms with van der Waals surface area (Å²) in [5, 5.41) is 2.40. The molecule has 0 heterocycles. The van der Waals surface area contributed by atoms with Gasteiger partial charge >= 0.3 is 6.18 Å². The minimum Gasteiger partial charge on any atom is -0.306 e. The van der Waals surface area contributed by atoms with Crippen molar-refractivity contribution < 1.29 is 17.6 Å². The molecule has 0 aromatic heterocycles. The van der Waals surface area contributed by atoms with Gasteiger partial charge in [-0.25, -0.2) is 4.39 Å². The van der Waals surface area contributed by atoms with Crippen LogP contribution in [0.3, 0.4) is 0 Å². The minimum atomic E-state index is -4.38. The molecule has 6 heteroatoms. The lowest BCUT2D eigenvalue weighted by atomic mass is 10.0. The smallest absolute Gasteiger partial charge is 0.306 e. The Kier molecular flexibility index (Phi) is 5.59. The summed E-state index contributed by atoms with van der Waals surface area (Å²) in [6.07, 6.45) is -4.19. The topological polar surface area (TPSA) is 12.0 Å². The first-order chi connectivity index (χ1) is 8.34. The zero-order valence-electron chi connectivity index (χ0n) is 9.82. The average Bonchev–Trinajstić information content (AvgIpc) is 2.25. The average molecular weight is 328 g/mol. The molecule has 1 unspecified atom stereocenters. The molecule has 1 N–H and O–H groups in total. The second-order valence-electron chi connectivity index (χ2n) is 3.99. The van der Waals surface area contributed by atoms with Crippen LogP contribution < -0.4 is 5.32 Å². The Morgan fingerprint density at radius 2 is 2.00 bits per heavy atom. The molecule has 1 aromatic rings. The lowest BCUT2D eigenvalue weighted by molar-refractivity contribution is -0.155. The highest BCUT2D eigenvalue weighted by Crippen LogP contribution is 2.25. The number of benzene rings is 1. The summed E-state index contributed by atoms with van der Waals surface area (Å²) < 4.78 is 52.2. The van der Waals surface area contributed by atoms with Gasteiger partial charge in [0.05, 0.1) is 0 Å². The fraction of sp³-hybridized carbons (Fsp3) is 0.500. The van der Waals surface area contributed by atoms with E-state index in [4.69, 9.17) is 0 Å². The van der Waals surface area contributed by atoms with Crippen molar-refractivity contribution in [3.63, 3.8) is 0 Å². The number of hydrogen-bond donors (Lipinski definition) is 1. The van der Waals surface area contributed by atoms with Crippen molar-refractivity contribution in [1.29, 1.82) is 0 Å². The van der Waals surface area contributed by atoms with Crippen LogP contribution in [0.2, 0.25) is 0 Å². The van der Waals surface area contributed by atoms with Gasteiger partial charge in [-0.2, -0.15) is 13.2 Å². The third kappa shape index (κ3) is 4.57. The number of nitrogens with one attached hydrogen (secondary N) is 1. The molecule has 1 aromatic carbocycles. The molecule has 0 saturated carbocycles. The van der Waals surface area contributed by atoms with Gasteiger partial charge < -0.3 is 5.32 Å². The van der Waals surface area contributed by atoms with Crippen LogP contribution >= 0.6 is 15.9 Å². The largest absolute Gasteiger partial charge is 0.404 e. The molecule has 18 heavy (non-hydrogen) atoms. The minimum absolute atomic E-state index is 0.0594. The van der Waals surface area contributed by atoms with E-state index in [2.05, 4.69) is 21.2 Å². The predicted octanol–water partition coefficient (Wildman–Crippen LogP) is 4.06. The molecule has 102 valence electrons. The van der Waals surface area contributed by atoms with Crippen molar-refractivity contribution in [2.24, 2.45) is 0 Å². The summed E-state index contributed by atoms with van der Waals surface area (Å²) in [5.74, 6) is -0.628. The van der Waals surface area contributed by atoms with Crippen LogP contribution in [0.4, 0.5) is 17.6 Å². The molecule has 0 saturated heterocycles. The third-order valence-corrected chi connectivity index (χ3v) is 2.97. The second-order valence-corrected chi connectivity index (χ2v) is 4.90. The molecule has 0 bridgehead atoms. The van der Waals surface area contributed by atoms with Crippen LogP contribution in [0.1, 0.15) is 18.9 Å². The molecule has 0 spiro atoms. The molecule has 1 nitrogen and oxygen atoms in total. The summed E-state index contributed by atoms with van der Waals surface area (Å²) in [6.45, 7) is 2.03. The SMILES string of the molecule is CCCNC(Cc1ccc(Br)cc1F)C(F)(F)F. The predicted molar refractivity (Wildman–Crippen MR) is 65.9 cm³/mol. The summed E-state index contributed by atoms with van der Waals surface area (Å²) in [4.78, 5) is 0. The van der Waals surface area contributed by atoms with E-state index in [-0.39, 0.29) is 12.1 Å². The van der Waals surface area contributed by atoms with Crippen molar-refractivity contribution in [2.45, 2.75) is 32.0 Å². The first-order valence-electron chi connectivity index (χ1n) is 5.58. The van der Waals surface area contributed by atoms with Gasteiger partial charge in [0.2, 0.25) is 0 Å². The Labute approximate surface area is 112 Å². The van der Waals surface area contributed by atoms with Gasteiger partial charge in [0.15, 0.2) is 0 Å². The molecular weight excluding hydrogens is 314 g/mol. The van der Waals surface area contributed by atoms with Crippen LogP contribution in [0.25, 0.3) is 0 Å². The van der Waals surface area contributed by atoms with Crippen LogP contribution in [0.15, 0.2) is 22.7 Å². The van der Waals surface area contributed by atoms with Gasteiger partial charge in [0, 0.05) is 4.47 Å². The Balaban J connectivity index is 2.82. The maximum atomic E-state index is 13.5. The molecule has 0 aliphatic heterocycles. The van der Waals surface area contributed by atoms with Crippen LogP contribution in [-0.4, -0.2) is 18.8 Å². The number of alkyl halides is 3. The van der Waals surface area contributed by atoms with Gasteiger partial charge in [-0.3, -0.25) is 0 Å². The quantitative estimate of drug-likeness (QED) is 0.804. The molecule has 0 radical (unpaired) electrons. The summed E-state index contributed by atoms with van der Waals surface area (Å²) in [5.41, 5.74) is 0.0594. The standard InChI is InChI=1S/C12H14BrF4N/c1-2-5-18-11(12(15,16)17)6-8-3-4-9(13)7-10(8)14/h3-4,7,11,18H,2,5-6H2,1H3. The maximum Gasteiger partial charge on any atom is 0.404 e.